The predicted octanol–water partition coefficient (Wildman–Crippen LogP) is -1.66. The molecule has 1 aliphatic carbocycles. The van der Waals surface area contributed by atoms with E-state index in [0.29, 0.717) is 19.1 Å². The molecule has 0 aromatic heterocycles. The third-order valence-electron chi connectivity index (χ3n) is 4.07. The van der Waals surface area contributed by atoms with Crippen molar-refractivity contribution in [2.24, 2.45) is 0 Å². The molecule has 3 rings (SSSR count). The number of rotatable bonds is 3. The lowest BCUT2D eigenvalue weighted by molar-refractivity contribution is -0.141. The van der Waals surface area contributed by atoms with E-state index in [1.165, 1.54) is 0 Å². The molecule has 3 amide bonds. The molecule has 110 valence electrons. The first-order valence-corrected chi connectivity index (χ1v) is 7.26. The molecule has 0 spiro atoms. The summed E-state index contributed by atoms with van der Waals surface area (Å²) in [5.41, 5.74) is 0. The van der Waals surface area contributed by atoms with Gasteiger partial charge in [0, 0.05) is 19.1 Å². The number of nitrogens with zero attached hydrogens (tertiary/aromatic N) is 1. The number of hydrogen-bond donors (Lipinski definition) is 3. The third kappa shape index (κ3) is 2.77. The molecule has 1 saturated carbocycles. The largest absolute Gasteiger partial charge is 0.353 e. The zero-order valence-corrected chi connectivity index (χ0v) is 11.4. The molecule has 2 heterocycles. The molecule has 0 aromatic rings. The lowest BCUT2D eigenvalue weighted by Gasteiger charge is -2.30. The average molecular weight is 280 g/mol. The molecule has 7 nitrogen and oxygen atoms in total. The summed E-state index contributed by atoms with van der Waals surface area (Å²) in [4.78, 5) is 37.4. The number of nitrogens with one attached hydrogen (secondary N) is 3. The van der Waals surface area contributed by atoms with Gasteiger partial charge in [-0.3, -0.25) is 19.7 Å². The fraction of sp³-hybridized carbons (Fsp3) is 0.769. The second kappa shape index (κ2) is 5.40. The number of piperazine rings is 1. The second-order valence-corrected chi connectivity index (χ2v) is 5.71. The summed E-state index contributed by atoms with van der Waals surface area (Å²) in [6.45, 7) is 1.07. The molecule has 0 aromatic carbocycles. The van der Waals surface area contributed by atoms with Crippen LogP contribution in [0, 0.1) is 0 Å². The minimum atomic E-state index is -0.415. The SMILES string of the molecule is O=C1CNC(C(=O)N2CCCC2C(=O)NC2CC2)CN1. The lowest BCUT2D eigenvalue weighted by Crippen LogP contribution is -2.60. The molecule has 2 saturated heterocycles. The number of hydrogen-bond acceptors (Lipinski definition) is 4. The van der Waals surface area contributed by atoms with Crippen molar-refractivity contribution in [2.45, 2.75) is 43.8 Å². The van der Waals surface area contributed by atoms with Crippen molar-refractivity contribution in [3.63, 3.8) is 0 Å². The van der Waals surface area contributed by atoms with Gasteiger partial charge < -0.3 is 15.5 Å². The Morgan fingerprint density at radius 2 is 2.05 bits per heavy atom. The average Bonchev–Trinajstić information content (AvgIpc) is 3.11. The summed E-state index contributed by atoms with van der Waals surface area (Å²) in [5.74, 6) is -0.213. The Morgan fingerprint density at radius 1 is 1.25 bits per heavy atom. The highest BCUT2D eigenvalue weighted by atomic mass is 16.2. The van der Waals surface area contributed by atoms with E-state index in [2.05, 4.69) is 16.0 Å². The summed E-state index contributed by atoms with van der Waals surface area (Å²) >= 11 is 0. The normalized spacial score (nSPS) is 30.0. The maximum Gasteiger partial charge on any atom is 0.243 e. The van der Waals surface area contributed by atoms with E-state index < -0.39 is 6.04 Å². The molecule has 3 aliphatic rings. The van der Waals surface area contributed by atoms with E-state index in [4.69, 9.17) is 0 Å². The fourth-order valence-corrected chi connectivity index (χ4v) is 2.77. The van der Waals surface area contributed by atoms with Crippen molar-refractivity contribution in [2.75, 3.05) is 19.6 Å². The van der Waals surface area contributed by atoms with E-state index in [1.807, 2.05) is 0 Å². The van der Waals surface area contributed by atoms with E-state index in [1.54, 1.807) is 4.90 Å². The molecule has 3 fully saturated rings. The standard InChI is InChI=1S/C13H20N4O3/c18-11-7-14-9(6-15-11)13(20)17-5-1-2-10(17)12(19)16-8-3-4-8/h8-10,14H,1-7H2,(H,15,18)(H,16,19). The van der Waals surface area contributed by atoms with Crippen LogP contribution in [0.5, 0.6) is 0 Å². The smallest absolute Gasteiger partial charge is 0.243 e. The maximum atomic E-state index is 12.5. The van der Waals surface area contributed by atoms with Crippen LogP contribution in [-0.4, -0.2) is 60.4 Å². The van der Waals surface area contributed by atoms with E-state index >= 15 is 0 Å². The summed E-state index contributed by atoms with van der Waals surface area (Å²) in [6.07, 6.45) is 3.67. The van der Waals surface area contributed by atoms with Gasteiger partial charge in [-0.05, 0) is 25.7 Å². The first kappa shape index (κ1) is 13.4. The fourth-order valence-electron chi connectivity index (χ4n) is 2.77. The van der Waals surface area contributed by atoms with Crippen LogP contribution in [0.25, 0.3) is 0 Å². The Morgan fingerprint density at radius 3 is 2.70 bits per heavy atom. The van der Waals surface area contributed by atoms with Crippen LogP contribution in [0.15, 0.2) is 0 Å². The van der Waals surface area contributed by atoms with Crippen LogP contribution in [-0.2, 0) is 14.4 Å². The monoisotopic (exact) mass is 280 g/mol. The second-order valence-electron chi connectivity index (χ2n) is 5.71. The van der Waals surface area contributed by atoms with Gasteiger partial charge >= 0.3 is 0 Å². The minimum Gasteiger partial charge on any atom is -0.353 e. The van der Waals surface area contributed by atoms with E-state index in [-0.39, 0.29) is 30.3 Å². The van der Waals surface area contributed by atoms with Crippen LogP contribution in [0.3, 0.4) is 0 Å². The zero-order chi connectivity index (χ0) is 14.1. The van der Waals surface area contributed by atoms with Gasteiger partial charge in [-0.1, -0.05) is 0 Å². The minimum absolute atomic E-state index is 0.0294. The molecule has 2 atom stereocenters. The van der Waals surface area contributed by atoms with Crippen LogP contribution in [0.4, 0.5) is 0 Å². The maximum absolute atomic E-state index is 12.5. The Labute approximate surface area is 117 Å². The van der Waals surface area contributed by atoms with E-state index in [0.717, 1.165) is 25.7 Å². The van der Waals surface area contributed by atoms with Gasteiger partial charge in [-0.25, -0.2) is 0 Å². The number of carbonyl (C=O) groups is 3. The van der Waals surface area contributed by atoms with Gasteiger partial charge in [-0.15, -0.1) is 0 Å². The van der Waals surface area contributed by atoms with Gasteiger partial charge in [0.15, 0.2) is 0 Å². The highest BCUT2D eigenvalue weighted by molar-refractivity contribution is 5.92. The summed E-state index contributed by atoms with van der Waals surface area (Å²) in [6, 6.07) is -0.448. The molecule has 3 N–H and O–H groups in total. The number of carbonyl (C=O) groups excluding carboxylic acids is 3. The lowest BCUT2D eigenvalue weighted by atomic mass is 10.1. The zero-order valence-electron chi connectivity index (χ0n) is 11.4. The molecule has 0 radical (unpaired) electrons. The Hall–Kier alpha value is -1.63. The van der Waals surface area contributed by atoms with Crippen molar-refractivity contribution in [1.29, 1.82) is 0 Å². The highest BCUT2D eigenvalue weighted by Crippen LogP contribution is 2.22. The predicted molar refractivity (Wildman–Crippen MR) is 70.7 cm³/mol. The molecule has 20 heavy (non-hydrogen) atoms. The van der Waals surface area contributed by atoms with Crippen molar-refractivity contribution < 1.29 is 14.4 Å². The Kier molecular flexibility index (Phi) is 3.60. The highest BCUT2D eigenvalue weighted by Gasteiger charge is 2.39. The van der Waals surface area contributed by atoms with Gasteiger partial charge in [0.05, 0.1) is 6.54 Å². The van der Waals surface area contributed by atoms with Crippen molar-refractivity contribution in [1.82, 2.24) is 20.9 Å². The van der Waals surface area contributed by atoms with Gasteiger partial charge in [-0.2, -0.15) is 0 Å². The quantitative estimate of drug-likeness (QED) is 0.577. The van der Waals surface area contributed by atoms with Gasteiger partial charge in [0.1, 0.15) is 12.1 Å². The van der Waals surface area contributed by atoms with Gasteiger partial charge in [0.2, 0.25) is 17.7 Å². The molecule has 2 unspecified atom stereocenters. The van der Waals surface area contributed by atoms with Crippen molar-refractivity contribution in [3.8, 4) is 0 Å². The Balaban J connectivity index is 1.60. The first-order valence-electron chi connectivity index (χ1n) is 7.26. The first-order chi connectivity index (χ1) is 9.65. The van der Waals surface area contributed by atoms with Crippen LogP contribution in [0.2, 0.25) is 0 Å². The van der Waals surface area contributed by atoms with Crippen molar-refractivity contribution in [3.05, 3.63) is 0 Å². The van der Waals surface area contributed by atoms with Crippen molar-refractivity contribution >= 4 is 17.7 Å². The van der Waals surface area contributed by atoms with Gasteiger partial charge in [0.25, 0.3) is 0 Å². The van der Waals surface area contributed by atoms with Crippen LogP contribution in [0.1, 0.15) is 25.7 Å². The summed E-state index contributed by atoms with van der Waals surface area (Å²) in [7, 11) is 0. The molecule has 0 bridgehead atoms. The number of likely N-dealkylation sites (tertiary alicyclic amines) is 1. The third-order valence-corrected chi connectivity index (χ3v) is 4.07. The topological polar surface area (TPSA) is 90.5 Å². The molecule has 2 aliphatic heterocycles. The molecule has 7 heteroatoms. The van der Waals surface area contributed by atoms with Crippen LogP contribution < -0.4 is 16.0 Å². The summed E-state index contributed by atoms with van der Waals surface area (Å²) < 4.78 is 0. The molecular weight excluding hydrogens is 260 g/mol. The Bertz CT molecular complexity index is 425. The van der Waals surface area contributed by atoms with E-state index in [9.17, 15) is 14.4 Å². The van der Waals surface area contributed by atoms with Crippen LogP contribution >= 0.6 is 0 Å². The molecular formula is C13H20N4O3. The summed E-state index contributed by atoms with van der Waals surface area (Å²) in [5, 5.41) is 8.56. The number of amides is 3.